The number of aromatic nitrogens is 1. The lowest BCUT2D eigenvalue weighted by molar-refractivity contribution is -0.127. The molecule has 3 heterocycles. The lowest BCUT2D eigenvalue weighted by atomic mass is 9.92. The van der Waals surface area contributed by atoms with Crippen molar-refractivity contribution in [3.05, 3.63) is 52.9 Å². The van der Waals surface area contributed by atoms with E-state index in [-0.39, 0.29) is 17.9 Å². The second-order valence-electron chi connectivity index (χ2n) is 9.28. The van der Waals surface area contributed by atoms with E-state index < -0.39 is 5.54 Å². The molecule has 0 radical (unpaired) electrons. The zero-order valence-corrected chi connectivity index (χ0v) is 19.2. The molecule has 1 atom stereocenters. The first-order valence-corrected chi connectivity index (χ1v) is 11.8. The van der Waals surface area contributed by atoms with E-state index in [4.69, 9.17) is 16.0 Å². The smallest absolute Gasteiger partial charge is 0.276 e. The summed E-state index contributed by atoms with van der Waals surface area (Å²) < 4.78 is 7.70. The molecule has 5 rings (SSSR count). The van der Waals surface area contributed by atoms with Crippen molar-refractivity contribution in [3.8, 4) is 0 Å². The summed E-state index contributed by atoms with van der Waals surface area (Å²) in [6, 6.07) is 10.9. The van der Waals surface area contributed by atoms with Gasteiger partial charge in [-0.2, -0.15) is 0 Å². The summed E-state index contributed by atoms with van der Waals surface area (Å²) in [7, 11) is 0. The van der Waals surface area contributed by atoms with Crippen LogP contribution in [0.15, 0.2) is 40.8 Å². The van der Waals surface area contributed by atoms with E-state index in [1.54, 1.807) is 35.2 Å². The van der Waals surface area contributed by atoms with Gasteiger partial charge in [0.25, 0.3) is 5.91 Å². The van der Waals surface area contributed by atoms with Crippen molar-refractivity contribution in [2.45, 2.75) is 70.5 Å². The second-order valence-corrected chi connectivity index (χ2v) is 9.71. The van der Waals surface area contributed by atoms with Crippen molar-refractivity contribution in [1.29, 1.82) is 0 Å². The van der Waals surface area contributed by atoms with Gasteiger partial charge in [-0.15, -0.1) is 0 Å². The van der Waals surface area contributed by atoms with Crippen LogP contribution in [0.2, 0.25) is 5.02 Å². The van der Waals surface area contributed by atoms with Gasteiger partial charge in [0, 0.05) is 28.9 Å². The molecule has 1 aliphatic heterocycles. The Morgan fingerprint density at radius 3 is 2.50 bits per heavy atom. The molecule has 2 aliphatic rings. The average molecular weight is 454 g/mol. The van der Waals surface area contributed by atoms with Gasteiger partial charge in [-0.05, 0) is 51.0 Å². The van der Waals surface area contributed by atoms with Crippen LogP contribution in [0, 0.1) is 6.92 Å². The molecular weight excluding hydrogens is 426 g/mol. The number of hydrogen-bond acceptors (Lipinski definition) is 3. The number of nitrogens with one attached hydrogen (secondary N) is 1. The van der Waals surface area contributed by atoms with E-state index in [2.05, 4.69) is 5.32 Å². The minimum Gasteiger partial charge on any atom is -0.460 e. The molecule has 0 bridgehead atoms. The summed E-state index contributed by atoms with van der Waals surface area (Å²) in [5.41, 5.74) is 1.58. The van der Waals surface area contributed by atoms with Crippen LogP contribution in [0.1, 0.15) is 61.7 Å². The van der Waals surface area contributed by atoms with E-state index in [9.17, 15) is 9.59 Å². The normalized spacial score (nSPS) is 22.1. The highest BCUT2D eigenvalue weighted by Gasteiger charge is 2.49. The number of nitrogens with zero attached hydrogens (tertiary/aromatic N) is 2. The number of fused-ring (bicyclic) bond motifs is 3. The third-order valence-electron chi connectivity index (χ3n) is 6.86. The maximum atomic E-state index is 13.8. The van der Waals surface area contributed by atoms with E-state index in [0.717, 1.165) is 37.0 Å². The first-order chi connectivity index (χ1) is 15.4. The molecule has 7 heteroatoms. The topological polar surface area (TPSA) is 67.5 Å². The molecule has 1 aromatic carbocycles. The fourth-order valence-corrected chi connectivity index (χ4v) is 5.29. The van der Waals surface area contributed by atoms with Gasteiger partial charge in [0.05, 0.1) is 12.1 Å². The second kappa shape index (κ2) is 8.00. The molecule has 168 valence electrons. The highest BCUT2D eigenvalue weighted by atomic mass is 35.5. The number of anilines is 1. The Morgan fingerprint density at radius 2 is 1.81 bits per heavy atom. The molecule has 0 spiro atoms. The van der Waals surface area contributed by atoms with E-state index >= 15 is 0 Å². The van der Waals surface area contributed by atoms with Crippen molar-refractivity contribution < 1.29 is 14.0 Å². The van der Waals surface area contributed by atoms with E-state index in [1.165, 1.54) is 12.8 Å². The van der Waals surface area contributed by atoms with Crippen LogP contribution in [0.3, 0.4) is 0 Å². The Morgan fingerprint density at radius 1 is 1.12 bits per heavy atom. The van der Waals surface area contributed by atoms with Gasteiger partial charge in [0.2, 0.25) is 5.91 Å². The van der Waals surface area contributed by atoms with Crippen LogP contribution in [0.5, 0.6) is 0 Å². The minimum absolute atomic E-state index is 0.125. The van der Waals surface area contributed by atoms with Crippen LogP contribution >= 0.6 is 11.6 Å². The molecule has 3 aromatic rings. The maximum Gasteiger partial charge on any atom is 0.276 e. The Balaban J connectivity index is 1.58. The van der Waals surface area contributed by atoms with Crippen LogP contribution in [0.4, 0.5) is 5.69 Å². The molecular formula is C25H28ClN3O3. The Hall–Kier alpha value is -2.73. The van der Waals surface area contributed by atoms with Crippen LogP contribution < -0.4 is 10.2 Å². The number of rotatable bonds is 3. The summed E-state index contributed by atoms with van der Waals surface area (Å²) in [6.45, 7) is 4.08. The molecule has 2 amide bonds. The maximum absolute atomic E-state index is 13.8. The molecule has 1 fully saturated rings. The average Bonchev–Trinajstić information content (AvgIpc) is 3.15. The number of carbonyl (C=O) groups excluding carboxylic acids is 2. The summed E-state index contributed by atoms with van der Waals surface area (Å²) in [5.74, 6) is 0.434. The van der Waals surface area contributed by atoms with Crippen LogP contribution in [-0.4, -0.2) is 28.0 Å². The third kappa shape index (κ3) is 3.51. The highest BCUT2D eigenvalue weighted by molar-refractivity contribution is 6.30. The van der Waals surface area contributed by atoms with E-state index in [0.29, 0.717) is 28.5 Å². The lowest BCUT2D eigenvalue weighted by Crippen LogP contribution is -2.65. The first kappa shape index (κ1) is 21.1. The third-order valence-corrected chi connectivity index (χ3v) is 7.11. The number of amides is 2. The molecule has 6 nitrogen and oxygen atoms in total. The largest absolute Gasteiger partial charge is 0.460 e. The SMILES string of the molecule is Cc1cc2c(cc3n2C[C@@](C)(C(=O)NC2CCCCCC2)N(c2ccc(Cl)cc2)C3=O)o1. The number of halogens is 1. The summed E-state index contributed by atoms with van der Waals surface area (Å²) in [6.07, 6.45) is 6.64. The van der Waals surface area contributed by atoms with Gasteiger partial charge >= 0.3 is 0 Å². The highest BCUT2D eigenvalue weighted by Crippen LogP contribution is 2.37. The van der Waals surface area contributed by atoms with Crippen molar-refractivity contribution in [2.75, 3.05) is 4.90 Å². The monoisotopic (exact) mass is 453 g/mol. The Bertz CT molecular complexity index is 1170. The standard InChI is InChI=1S/C25H28ClN3O3/c1-16-13-20-22(32-16)14-21-23(30)29(19-11-9-17(26)10-12-19)25(2,15-28(20)21)24(31)27-18-7-5-3-4-6-8-18/h9-14,18H,3-8,15H2,1-2H3,(H,27,31)/t25-/m0/s1. The van der Waals surface area contributed by atoms with Crippen molar-refractivity contribution in [1.82, 2.24) is 9.88 Å². The van der Waals surface area contributed by atoms with Gasteiger partial charge < -0.3 is 14.3 Å². The predicted molar refractivity (Wildman–Crippen MR) is 125 cm³/mol. The molecule has 1 aliphatic carbocycles. The lowest BCUT2D eigenvalue weighted by Gasteiger charge is -2.44. The van der Waals surface area contributed by atoms with E-state index in [1.807, 2.05) is 24.5 Å². The number of furan rings is 1. The summed E-state index contributed by atoms with van der Waals surface area (Å²) in [4.78, 5) is 29.2. The zero-order valence-electron chi connectivity index (χ0n) is 18.5. The predicted octanol–water partition coefficient (Wildman–Crippen LogP) is 5.45. The summed E-state index contributed by atoms with van der Waals surface area (Å²) in [5, 5.41) is 3.86. The fourth-order valence-electron chi connectivity index (χ4n) is 5.16. The number of aryl methyl sites for hydroxylation is 1. The quantitative estimate of drug-likeness (QED) is 0.536. The number of hydrogen-bond donors (Lipinski definition) is 1. The fraction of sp³-hybridized carbons (Fsp3) is 0.440. The molecule has 0 saturated heterocycles. The Kier molecular flexibility index (Phi) is 5.28. The number of carbonyl (C=O) groups is 2. The van der Waals surface area contributed by atoms with Gasteiger partial charge in [-0.25, -0.2) is 0 Å². The van der Waals surface area contributed by atoms with Crippen molar-refractivity contribution in [2.24, 2.45) is 0 Å². The van der Waals surface area contributed by atoms with Gasteiger partial charge in [-0.3, -0.25) is 14.5 Å². The van der Waals surface area contributed by atoms with Gasteiger partial charge in [0.15, 0.2) is 5.58 Å². The summed E-state index contributed by atoms with van der Waals surface area (Å²) >= 11 is 6.10. The zero-order chi connectivity index (χ0) is 22.5. The molecule has 32 heavy (non-hydrogen) atoms. The van der Waals surface area contributed by atoms with Crippen molar-refractivity contribution >= 4 is 40.2 Å². The number of benzene rings is 1. The first-order valence-electron chi connectivity index (χ1n) is 11.4. The Labute approximate surface area is 192 Å². The minimum atomic E-state index is -1.10. The van der Waals surface area contributed by atoms with Gasteiger partial charge in [-0.1, -0.05) is 37.3 Å². The van der Waals surface area contributed by atoms with Crippen LogP contribution in [0.25, 0.3) is 11.1 Å². The van der Waals surface area contributed by atoms with Crippen molar-refractivity contribution in [3.63, 3.8) is 0 Å². The molecule has 1 saturated carbocycles. The molecule has 2 aromatic heterocycles. The molecule has 0 unspecified atom stereocenters. The van der Waals surface area contributed by atoms with Crippen LogP contribution in [-0.2, 0) is 11.3 Å². The van der Waals surface area contributed by atoms with Gasteiger partial charge in [0.1, 0.15) is 17.0 Å². The molecule has 1 N–H and O–H groups in total.